The molecule has 0 bridgehead atoms. The van der Waals surface area contributed by atoms with Crippen molar-refractivity contribution in [3.8, 4) is 5.75 Å². The second-order valence-electron chi connectivity index (χ2n) is 4.95. The van der Waals surface area contributed by atoms with E-state index in [1.807, 2.05) is 0 Å². The highest BCUT2D eigenvalue weighted by Crippen LogP contribution is 2.16. The van der Waals surface area contributed by atoms with Gasteiger partial charge < -0.3 is 20.5 Å². The molecule has 0 saturated carbocycles. The minimum atomic E-state index is -0.602. The number of benzene rings is 2. The molecule has 0 heterocycles. The van der Waals surface area contributed by atoms with Gasteiger partial charge in [-0.3, -0.25) is 4.79 Å². The number of methoxy groups -OCH3 is 1. The Kier molecular flexibility index (Phi) is 6.26. The summed E-state index contributed by atoms with van der Waals surface area (Å²) in [6.45, 7) is 0.362. The first-order valence-corrected chi connectivity index (χ1v) is 7.69. The predicted molar refractivity (Wildman–Crippen MR) is 92.6 cm³/mol. The Balaban J connectivity index is 1.94. The maximum Gasteiger partial charge on any atom is 0.255 e. The Labute approximate surface area is 140 Å². The van der Waals surface area contributed by atoms with Gasteiger partial charge in [0, 0.05) is 23.5 Å². The number of hydrogen-bond acceptors (Lipinski definition) is 4. The molecule has 0 spiro atoms. The number of aliphatic hydroxyl groups excluding tert-OH is 1. The van der Waals surface area contributed by atoms with Crippen molar-refractivity contribution in [3.05, 3.63) is 54.1 Å². The molecule has 0 fully saturated rings. The van der Waals surface area contributed by atoms with E-state index in [-0.39, 0.29) is 11.8 Å². The molecule has 2 aromatic carbocycles. The van der Waals surface area contributed by atoms with Crippen molar-refractivity contribution in [2.75, 3.05) is 30.2 Å². The number of rotatable bonds is 7. The summed E-state index contributed by atoms with van der Waals surface area (Å²) in [6, 6.07) is 14.1. The molecule has 0 saturated heterocycles. The topological polar surface area (TPSA) is 70.6 Å². The Morgan fingerprint density at radius 2 is 1.74 bits per heavy atom. The van der Waals surface area contributed by atoms with E-state index >= 15 is 0 Å². The normalized spacial score (nSPS) is 11.6. The summed E-state index contributed by atoms with van der Waals surface area (Å²) in [7, 11) is 1.59. The zero-order valence-electron chi connectivity index (χ0n) is 12.8. The van der Waals surface area contributed by atoms with Gasteiger partial charge in [0.15, 0.2) is 0 Å². The number of amides is 1. The minimum absolute atomic E-state index is 0.176. The summed E-state index contributed by atoms with van der Waals surface area (Å²) in [6.07, 6.45) is -0.602. The van der Waals surface area contributed by atoms with Gasteiger partial charge in [-0.2, -0.15) is 0 Å². The SMILES string of the molecule is COc1ccc(NC(=O)c2ccc(NCC(O)CCl)cc2)cc1. The van der Waals surface area contributed by atoms with Crippen LogP contribution < -0.4 is 15.4 Å². The van der Waals surface area contributed by atoms with Crippen molar-refractivity contribution < 1.29 is 14.6 Å². The van der Waals surface area contributed by atoms with Crippen molar-refractivity contribution in [2.24, 2.45) is 0 Å². The van der Waals surface area contributed by atoms with Crippen molar-refractivity contribution >= 4 is 28.9 Å². The van der Waals surface area contributed by atoms with Gasteiger partial charge in [-0.1, -0.05) is 0 Å². The Morgan fingerprint density at radius 3 is 2.30 bits per heavy atom. The summed E-state index contributed by atoms with van der Waals surface area (Å²) in [5.74, 6) is 0.718. The lowest BCUT2D eigenvalue weighted by molar-refractivity contribution is 0.102. The summed E-state index contributed by atoms with van der Waals surface area (Å²) < 4.78 is 5.07. The maximum atomic E-state index is 12.2. The molecule has 23 heavy (non-hydrogen) atoms. The van der Waals surface area contributed by atoms with Crippen LogP contribution >= 0.6 is 11.6 Å². The molecule has 122 valence electrons. The zero-order chi connectivity index (χ0) is 16.7. The van der Waals surface area contributed by atoms with E-state index < -0.39 is 6.10 Å². The van der Waals surface area contributed by atoms with Gasteiger partial charge in [0.25, 0.3) is 5.91 Å². The summed E-state index contributed by atoms with van der Waals surface area (Å²) >= 11 is 5.53. The number of nitrogens with one attached hydrogen (secondary N) is 2. The molecule has 3 N–H and O–H groups in total. The van der Waals surface area contributed by atoms with Gasteiger partial charge in [0.2, 0.25) is 0 Å². The van der Waals surface area contributed by atoms with Crippen LogP contribution in [-0.4, -0.2) is 36.7 Å². The van der Waals surface area contributed by atoms with Crippen LogP contribution in [0.5, 0.6) is 5.75 Å². The molecule has 2 rings (SSSR count). The maximum absolute atomic E-state index is 12.2. The number of alkyl halides is 1. The van der Waals surface area contributed by atoms with Crippen LogP contribution in [0.2, 0.25) is 0 Å². The molecule has 0 radical (unpaired) electrons. The van der Waals surface area contributed by atoms with E-state index in [0.29, 0.717) is 17.8 Å². The van der Waals surface area contributed by atoms with Crippen LogP contribution in [0.1, 0.15) is 10.4 Å². The lowest BCUT2D eigenvalue weighted by atomic mass is 10.2. The van der Waals surface area contributed by atoms with Crippen LogP contribution in [-0.2, 0) is 0 Å². The van der Waals surface area contributed by atoms with E-state index in [4.69, 9.17) is 16.3 Å². The van der Waals surface area contributed by atoms with E-state index in [0.717, 1.165) is 11.4 Å². The molecular weight excluding hydrogens is 316 g/mol. The summed E-state index contributed by atoms with van der Waals surface area (Å²) in [5.41, 5.74) is 2.06. The highest BCUT2D eigenvalue weighted by atomic mass is 35.5. The number of ether oxygens (including phenoxy) is 1. The quantitative estimate of drug-likeness (QED) is 0.681. The molecule has 1 unspecified atom stereocenters. The largest absolute Gasteiger partial charge is 0.497 e. The van der Waals surface area contributed by atoms with Gasteiger partial charge in [-0.25, -0.2) is 0 Å². The van der Waals surface area contributed by atoms with Crippen LogP contribution in [0.25, 0.3) is 0 Å². The lowest BCUT2D eigenvalue weighted by Crippen LogP contribution is -2.20. The molecule has 0 aliphatic rings. The number of anilines is 2. The number of carbonyl (C=O) groups excluding carboxylic acids is 1. The van der Waals surface area contributed by atoms with Crippen molar-refractivity contribution in [2.45, 2.75) is 6.10 Å². The molecule has 5 nitrogen and oxygen atoms in total. The third kappa shape index (κ3) is 5.16. The van der Waals surface area contributed by atoms with E-state index in [1.165, 1.54) is 0 Å². The minimum Gasteiger partial charge on any atom is -0.497 e. The van der Waals surface area contributed by atoms with Gasteiger partial charge in [-0.05, 0) is 48.5 Å². The highest BCUT2D eigenvalue weighted by molar-refractivity contribution is 6.18. The second kappa shape index (κ2) is 8.41. The van der Waals surface area contributed by atoms with Crippen LogP contribution in [0.3, 0.4) is 0 Å². The first-order valence-electron chi connectivity index (χ1n) is 7.15. The molecule has 1 atom stereocenters. The standard InChI is InChI=1S/C17H19ClN2O3/c1-23-16-8-6-14(7-9-16)20-17(22)12-2-4-13(5-3-12)19-11-15(21)10-18/h2-9,15,19,21H,10-11H2,1H3,(H,20,22). The zero-order valence-corrected chi connectivity index (χ0v) is 13.5. The van der Waals surface area contributed by atoms with Crippen LogP contribution in [0.4, 0.5) is 11.4 Å². The van der Waals surface area contributed by atoms with Gasteiger partial charge in [0.1, 0.15) is 5.75 Å². The molecule has 1 amide bonds. The Hall–Kier alpha value is -2.24. The van der Waals surface area contributed by atoms with Crippen LogP contribution in [0, 0.1) is 0 Å². The molecule has 0 aromatic heterocycles. The average molecular weight is 335 g/mol. The second-order valence-corrected chi connectivity index (χ2v) is 5.26. The number of halogens is 1. The molecule has 0 aliphatic carbocycles. The van der Waals surface area contributed by atoms with Crippen molar-refractivity contribution in [3.63, 3.8) is 0 Å². The number of aliphatic hydroxyl groups is 1. The first kappa shape index (κ1) is 17.1. The van der Waals surface area contributed by atoms with E-state index in [9.17, 15) is 9.90 Å². The smallest absolute Gasteiger partial charge is 0.255 e. The molecule has 2 aromatic rings. The van der Waals surface area contributed by atoms with E-state index in [1.54, 1.807) is 55.6 Å². The molecular formula is C17H19ClN2O3. The van der Waals surface area contributed by atoms with Gasteiger partial charge >= 0.3 is 0 Å². The summed E-state index contributed by atoms with van der Waals surface area (Å²) in [4.78, 5) is 12.2. The number of carbonyl (C=O) groups is 1. The lowest BCUT2D eigenvalue weighted by Gasteiger charge is -2.11. The Bertz CT molecular complexity index is 629. The third-order valence-corrected chi connectivity index (χ3v) is 3.57. The fraction of sp³-hybridized carbons (Fsp3) is 0.235. The average Bonchev–Trinajstić information content (AvgIpc) is 2.60. The van der Waals surface area contributed by atoms with Crippen molar-refractivity contribution in [1.82, 2.24) is 0 Å². The third-order valence-electron chi connectivity index (χ3n) is 3.21. The monoisotopic (exact) mass is 334 g/mol. The predicted octanol–water partition coefficient (Wildman–Crippen LogP) is 2.96. The highest BCUT2D eigenvalue weighted by Gasteiger charge is 2.07. The van der Waals surface area contributed by atoms with Crippen LogP contribution in [0.15, 0.2) is 48.5 Å². The van der Waals surface area contributed by atoms with Crippen molar-refractivity contribution in [1.29, 1.82) is 0 Å². The summed E-state index contributed by atoms with van der Waals surface area (Å²) in [5, 5.41) is 15.3. The van der Waals surface area contributed by atoms with Gasteiger partial charge in [0.05, 0.1) is 19.1 Å². The Morgan fingerprint density at radius 1 is 1.13 bits per heavy atom. The molecule has 6 heteroatoms. The first-order chi connectivity index (χ1) is 11.1. The molecule has 0 aliphatic heterocycles. The van der Waals surface area contributed by atoms with E-state index in [2.05, 4.69) is 10.6 Å². The fourth-order valence-electron chi connectivity index (χ4n) is 1.91. The fourth-order valence-corrected chi connectivity index (χ4v) is 2.02. The number of hydrogen-bond donors (Lipinski definition) is 3. The van der Waals surface area contributed by atoms with Gasteiger partial charge in [-0.15, -0.1) is 11.6 Å².